The smallest absolute Gasteiger partial charge is 0.335 e. The normalized spacial score (nSPS) is 10.5. The van der Waals surface area contributed by atoms with E-state index in [0.29, 0.717) is 10.2 Å². The summed E-state index contributed by atoms with van der Waals surface area (Å²) in [4.78, 5) is 25.1. The quantitative estimate of drug-likeness (QED) is 0.833. The number of hydrogen-bond acceptors (Lipinski definition) is 3. The van der Waals surface area contributed by atoms with Crippen LogP contribution >= 0.6 is 15.9 Å². The number of nitrogens with zero attached hydrogens (tertiary/aromatic N) is 1. The predicted octanol–water partition coefficient (Wildman–Crippen LogP) is 1.30. The van der Waals surface area contributed by atoms with E-state index in [9.17, 15) is 14.7 Å². The molecule has 0 saturated carbocycles. The van der Waals surface area contributed by atoms with Gasteiger partial charge >= 0.3 is 5.69 Å². The molecule has 1 heterocycles. The molecule has 0 spiro atoms. The van der Waals surface area contributed by atoms with Crippen LogP contribution in [-0.4, -0.2) is 14.7 Å². The van der Waals surface area contributed by atoms with Crippen molar-refractivity contribution in [1.82, 2.24) is 9.55 Å². The molecule has 2 rings (SSSR count). The molecule has 5 nitrogen and oxygen atoms in total. The Morgan fingerprint density at radius 2 is 1.94 bits per heavy atom. The summed E-state index contributed by atoms with van der Waals surface area (Å²) in [5, 5.41) is 9.86. The molecular formula is C11H9BrN2O3. The Kier molecular flexibility index (Phi) is 2.89. The highest BCUT2D eigenvalue weighted by molar-refractivity contribution is 9.10. The van der Waals surface area contributed by atoms with Gasteiger partial charge in [0.15, 0.2) is 0 Å². The lowest BCUT2D eigenvalue weighted by Gasteiger charge is -2.10. The van der Waals surface area contributed by atoms with E-state index in [1.54, 1.807) is 24.3 Å². The number of aromatic nitrogens is 2. The van der Waals surface area contributed by atoms with Crippen molar-refractivity contribution in [3.8, 4) is 11.6 Å². The zero-order valence-electron chi connectivity index (χ0n) is 8.90. The molecule has 88 valence electrons. The summed E-state index contributed by atoms with van der Waals surface area (Å²) in [7, 11) is 0. The summed E-state index contributed by atoms with van der Waals surface area (Å²) in [5.74, 6) is -0.356. The molecule has 0 amide bonds. The third kappa shape index (κ3) is 1.91. The maximum atomic E-state index is 11.7. The van der Waals surface area contributed by atoms with Crippen LogP contribution in [0.1, 0.15) is 5.56 Å². The SMILES string of the molecule is Cc1c(O)n(-c2ccccc2Br)c(=O)[nH]c1=O. The third-order valence-corrected chi connectivity index (χ3v) is 3.08. The number of nitrogens with one attached hydrogen (secondary N) is 1. The molecule has 2 aromatic rings. The fourth-order valence-corrected chi connectivity index (χ4v) is 1.93. The number of halogens is 1. The van der Waals surface area contributed by atoms with E-state index in [4.69, 9.17) is 0 Å². The maximum Gasteiger partial charge on any atom is 0.335 e. The number of para-hydroxylation sites is 1. The number of hydrogen-bond donors (Lipinski definition) is 2. The van der Waals surface area contributed by atoms with Crippen molar-refractivity contribution in [2.75, 3.05) is 0 Å². The van der Waals surface area contributed by atoms with Crippen molar-refractivity contribution in [2.24, 2.45) is 0 Å². The fraction of sp³-hybridized carbons (Fsp3) is 0.0909. The molecule has 0 aliphatic heterocycles. The van der Waals surface area contributed by atoms with Gasteiger partial charge in [-0.05, 0) is 35.0 Å². The van der Waals surface area contributed by atoms with Gasteiger partial charge in [0.05, 0.1) is 11.3 Å². The molecule has 0 radical (unpaired) electrons. The van der Waals surface area contributed by atoms with Gasteiger partial charge in [-0.25, -0.2) is 9.36 Å². The number of aromatic amines is 1. The summed E-state index contributed by atoms with van der Waals surface area (Å²) < 4.78 is 1.68. The largest absolute Gasteiger partial charge is 0.494 e. The Labute approximate surface area is 104 Å². The molecule has 0 aliphatic rings. The van der Waals surface area contributed by atoms with Crippen molar-refractivity contribution in [1.29, 1.82) is 0 Å². The maximum absolute atomic E-state index is 11.7. The van der Waals surface area contributed by atoms with E-state index in [2.05, 4.69) is 20.9 Å². The van der Waals surface area contributed by atoms with Crippen LogP contribution < -0.4 is 11.2 Å². The number of H-pyrrole nitrogens is 1. The zero-order chi connectivity index (χ0) is 12.6. The van der Waals surface area contributed by atoms with Crippen LogP contribution in [0.5, 0.6) is 5.88 Å². The summed E-state index contributed by atoms with van der Waals surface area (Å²) >= 11 is 3.28. The fourth-order valence-electron chi connectivity index (χ4n) is 1.47. The van der Waals surface area contributed by atoms with Crippen LogP contribution in [0.25, 0.3) is 5.69 Å². The summed E-state index contributed by atoms with van der Waals surface area (Å²) in [5.41, 5.74) is -0.699. The molecule has 0 fully saturated rings. The molecule has 2 N–H and O–H groups in total. The lowest BCUT2D eigenvalue weighted by Crippen LogP contribution is -2.30. The van der Waals surface area contributed by atoms with Gasteiger partial charge in [0.2, 0.25) is 5.88 Å². The molecule has 0 aliphatic carbocycles. The molecule has 0 saturated heterocycles. The second-order valence-electron chi connectivity index (χ2n) is 3.49. The molecule has 6 heteroatoms. The van der Waals surface area contributed by atoms with Crippen LogP contribution in [-0.2, 0) is 0 Å². The first kappa shape index (κ1) is 11.7. The van der Waals surface area contributed by atoms with E-state index in [1.807, 2.05) is 0 Å². The topological polar surface area (TPSA) is 75.1 Å². The van der Waals surface area contributed by atoms with Crippen LogP contribution in [0.4, 0.5) is 0 Å². The minimum atomic E-state index is -0.676. The minimum absolute atomic E-state index is 0.0975. The Hall–Kier alpha value is -1.82. The molecule has 1 aromatic heterocycles. The molecule has 17 heavy (non-hydrogen) atoms. The standard InChI is InChI=1S/C11H9BrN2O3/c1-6-9(15)13-11(17)14(10(6)16)8-5-3-2-4-7(8)12/h2-5,16H,1H3,(H,13,15,17). The van der Waals surface area contributed by atoms with Crippen molar-refractivity contribution in [3.05, 3.63) is 55.1 Å². The molecule has 0 bridgehead atoms. The van der Waals surface area contributed by atoms with Gasteiger partial charge in [-0.3, -0.25) is 9.78 Å². The van der Waals surface area contributed by atoms with Gasteiger partial charge in [0, 0.05) is 4.47 Å². The van der Waals surface area contributed by atoms with Crippen molar-refractivity contribution < 1.29 is 5.11 Å². The third-order valence-electron chi connectivity index (χ3n) is 2.40. The summed E-state index contributed by atoms with van der Waals surface area (Å²) in [6.45, 7) is 1.45. The van der Waals surface area contributed by atoms with Crippen LogP contribution in [0.3, 0.4) is 0 Å². The van der Waals surface area contributed by atoms with E-state index < -0.39 is 11.2 Å². The van der Waals surface area contributed by atoms with Gasteiger partial charge in [0.25, 0.3) is 5.56 Å². The average Bonchev–Trinajstić information content (AvgIpc) is 2.29. The Morgan fingerprint density at radius 3 is 2.59 bits per heavy atom. The first-order valence-electron chi connectivity index (χ1n) is 4.82. The Bertz CT molecular complexity index is 688. The zero-order valence-corrected chi connectivity index (χ0v) is 10.5. The number of rotatable bonds is 1. The van der Waals surface area contributed by atoms with Gasteiger partial charge in [-0.2, -0.15) is 0 Å². The first-order chi connectivity index (χ1) is 8.02. The number of benzene rings is 1. The van der Waals surface area contributed by atoms with Gasteiger partial charge in [-0.15, -0.1) is 0 Å². The second kappa shape index (κ2) is 4.21. The van der Waals surface area contributed by atoms with Crippen molar-refractivity contribution in [2.45, 2.75) is 6.92 Å². The van der Waals surface area contributed by atoms with Crippen molar-refractivity contribution >= 4 is 15.9 Å². The lowest BCUT2D eigenvalue weighted by atomic mass is 10.3. The highest BCUT2D eigenvalue weighted by Crippen LogP contribution is 2.23. The molecule has 0 atom stereocenters. The van der Waals surface area contributed by atoms with E-state index in [-0.39, 0.29) is 11.4 Å². The lowest BCUT2D eigenvalue weighted by molar-refractivity contribution is 0.426. The average molecular weight is 297 g/mol. The van der Waals surface area contributed by atoms with Gasteiger partial charge in [-0.1, -0.05) is 12.1 Å². The monoisotopic (exact) mass is 296 g/mol. The predicted molar refractivity (Wildman–Crippen MR) is 66.8 cm³/mol. The molecule has 0 unspecified atom stereocenters. The summed E-state index contributed by atoms with van der Waals surface area (Å²) in [6.07, 6.45) is 0. The molecular weight excluding hydrogens is 288 g/mol. The van der Waals surface area contributed by atoms with E-state index in [0.717, 1.165) is 4.57 Å². The Balaban J connectivity index is 2.87. The Morgan fingerprint density at radius 1 is 1.29 bits per heavy atom. The highest BCUT2D eigenvalue weighted by Gasteiger charge is 2.13. The van der Waals surface area contributed by atoms with Gasteiger partial charge in [0.1, 0.15) is 0 Å². The van der Waals surface area contributed by atoms with Crippen LogP contribution in [0, 0.1) is 6.92 Å². The van der Waals surface area contributed by atoms with Crippen LogP contribution in [0.15, 0.2) is 38.3 Å². The molecule has 1 aromatic carbocycles. The second-order valence-corrected chi connectivity index (χ2v) is 4.35. The van der Waals surface area contributed by atoms with Crippen LogP contribution in [0.2, 0.25) is 0 Å². The van der Waals surface area contributed by atoms with Crippen molar-refractivity contribution in [3.63, 3.8) is 0 Å². The highest BCUT2D eigenvalue weighted by atomic mass is 79.9. The van der Waals surface area contributed by atoms with E-state index >= 15 is 0 Å². The van der Waals surface area contributed by atoms with Gasteiger partial charge < -0.3 is 5.11 Å². The number of aromatic hydroxyl groups is 1. The van der Waals surface area contributed by atoms with E-state index in [1.165, 1.54) is 6.92 Å². The minimum Gasteiger partial charge on any atom is -0.494 e. The summed E-state index contributed by atoms with van der Waals surface area (Å²) in [6, 6.07) is 6.91. The first-order valence-corrected chi connectivity index (χ1v) is 5.61.